The molecule has 18 heavy (non-hydrogen) atoms. The van der Waals surface area contributed by atoms with Gasteiger partial charge in [-0.05, 0) is 32.0 Å². The van der Waals surface area contributed by atoms with Crippen molar-refractivity contribution in [2.45, 2.75) is 45.3 Å². The minimum absolute atomic E-state index is 0.0692. The fourth-order valence-corrected chi connectivity index (χ4v) is 1.97. The highest BCUT2D eigenvalue weighted by atomic mass is 19.4. The van der Waals surface area contributed by atoms with Crippen molar-refractivity contribution < 1.29 is 13.2 Å². The summed E-state index contributed by atoms with van der Waals surface area (Å²) < 4.78 is 37.1. The Morgan fingerprint density at radius 3 is 2.28 bits per heavy atom. The smallest absolute Gasteiger partial charge is 0.314 e. The van der Waals surface area contributed by atoms with Crippen molar-refractivity contribution in [3.63, 3.8) is 0 Å². The van der Waals surface area contributed by atoms with E-state index in [0.29, 0.717) is 5.69 Å². The molecule has 1 N–H and O–H groups in total. The van der Waals surface area contributed by atoms with Gasteiger partial charge in [-0.2, -0.15) is 18.3 Å². The normalized spacial score (nSPS) is 15.4. The molecule has 6 heteroatoms. The zero-order chi connectivity index (χ0) is 13.8. The summed E-state index contributed by atoms with van der Waals surface area (Å²) in [5, 5.41) is 10.2. The summed E-state index contributed by atoms with van der Waals surface area (Å²) in [7, 11) is 0. The summed E-state index contributed by atoms with van der Waals surface area (Å²) in [6.45, 7) is 6.78. The average molecular weight is 261 g/mol. The van der Waals surface area contributed by atoms with Crippen LogP contribution in [-0.2, 0) is 6.18 Å². The molecule has 1 heterocycles. The van der Waals surface area contributed by atoms with Gasteiger partial charge in [0, 0.05) is 12.0 Å². The Morgan fingerprint density at radius 2 is 1.89 bits per heavy atom. The van der Waals surface area contributed by atoms with Crippen LogP contribution in [0.3, 0.4) is 0 Å². The average Bonchev–Trinajstić information content (AvgIpc) is 2.30. The summed E-state index contributed by atoms with van der Waals surface area (Å²) in [6.07, 6.45) is -3.63. The first-order valence-electron chi connectivity index (χ1n) is 6.04. The molecule has 0 aliphatic carbocycles. The van der Waals surface area contributed by atoms with Gasteiger partial charge in [0.1, 0.15) is 0 Å². The lowest BCUT2D eigenvalue weighted by Gasteiger charge is -2.22. The van der Waals surface area contributed by atoms with Crippen molar-refractivity contribution in [1.82, 2.24) is 15.5 Å². The zero-order valence-corrected chi connectivity index (χ0v) is 10.8. The highest BCUT2D eigenvalue weighted by molar-refractivity contribution is 5.14. The number of aromatic nitrogens is 2. The van der Waals surface area contributed by atoms with Crippen molar-refractivity contribution in [3.05, 3.63) is 23.5 Å². The van der Waals surface area contributed by atoms with Crippen LogP contribution in [0, 0.1) is 0 Å². The van der Waals surface area contributed by atoms with E-state index in [1.165, 1.54) is 6.07 Å². The van der Waals surface area contributed by atoms with Crippen molar-refractivity contribution in [3.8, 4) is 0 Å². The lowest BCUT2D eigenvalue weighted by Crippen LogP contribution is -2.32. The Kier molecular flexibility index (Phi) is 5.07. The molecule has 1 aromatic rings. The summed E-state index contributed by atoms with van der Waals surface area (Å²) in [5.74, 6) is 0.0692. The van der Waals surface area contributed by atoms with Crippen LogP contribution in [0.1, 0.15) is 44.5 Å². The molecule has 1 aromatic heterocycles. The van der Waals surface area contributed by atoms with E-state index in [2.05, 4.69) is 15.5 Å². The van der Waals surface area contributed by atoms with Gasteiger partial charge >= 0.3 is 6.18 Å². The molecule has 0 spiro atoms. The van der Waals surface area contributed by atoms with E-state index in [0.717, 1.165) is 19.0 Å². The van der Waals surface area contributed by atoms with Crippen molar-refractivity contribution in [2.24, 2.45) is 0 Å². The Hall–Kier alpha value is -1.17. The first-order valence-corrected chi connectivity index (χ1v) is 6.04. The Labute approximate surface area is 105 Å². The van der Waals surface area contributed by atoms with Crippen molar-refractivity contribution >= 4 is 0 Å². The summed E-state index contributed by atoms with van der Waals surface area (Å²) in [4.78, 5) is 0. The van der Waals surface area contributed by atoms with Crippen molar-refractivity contribution in [1.29, 1.82) is 0 Å². The lowest BCUT2D eigenvalue weighted by atomic mass is 9.94. The number of hydrogen-bond acceptors (Lipinski definition) is 3. The molecular weight excluding hydrogens is 243 g/mol. The maximum atomic E-state index is 12.4. The third kappa shape index (κ3) is 3.66. The summed E-state index contributed by atoms with van der Waals surface area (Å²) >= 11 is 0. The molecule has 0 radical (unpaired) electrons. The second-order valence-electron chi connectivity index (χ2n) is 4.20. The second kappa shape index (κ2) is 6.13. The first-order chi connectivity index (χ1) is 8.40. The van der Waals surface area contributed by atoms with E-state index in [4.69, 9.17) is 0 Å². The van der Waals surface area contributed by atoms with Gasteiger partial charge in [-0.25, -0.2) is 0 Å². The molecule has 0 aliphatic heterocycles. The Balaban J connectivity index is 2.88. The molecule has 2 unspecified atom stereocenters. The number of alkyl halides is 3. The minimum Gasteiger partial charge on any atom is -0.314 e. The van der Waals surface area contributed by atoms with Gasteiger partial charge in [-0.1, -0.05) is 13.8 Å². The molecule has 0 amide bonds. The van der Waals surface area contributed by atoms with Gasteiger partial charge in [-0.3, -0.25) is 0 Å². The fraction of sp³-hybridized carbons (Fsp3) is 0.667. The number of hydrogen-bond donors (Lipinski definition) is 1. The zero-order valence-electron chi connectivity index (χ0n) is 10.8. The topological polar surface area (TPSA) is 37.8 Å². The van der Waals surface area contributed by atoms with Crippen LogP contribution < -0.4 is 5.32 Å². The van der Waals surface area contributed by atoms with Crippen LogP contribution in [-0.4, -0.2) is 22.8 Å². The van der Waals surface area contributed by atoms with Crippen LogP contribution in [0.2, 0.25) is 0 Å². The van der Waals surface area contributed by atoms with E-state index in [1.54, 1.807) is 0 Å². The standard InChI is InChI=1S/C12H18F3N3/c1-4-9(8(3)16-5-2)10-6-7-11(18-17-10)12(13,14)15/h6-9,16H,4-5H2,1-3H3. The number of likely N-dealkylation sites (N-methyl/N-ethyl adjacent to an activating group) is 1. The molecule has 0 bridgehead atoms. The third-order valence-electron chi connectivity index (χ3n) is 2.92. The van der Waals surface area contributed by atoms with Crippen LogP contribution in [0.15, 0.2) is 12.1 Å². The molecule has 2 atom stereocenters. The largest absolute Gasteiger partial charge is 0.435 e. The van der Waals surface area contributed by atoms with E-state index < -0.39 is 11.9 Å². The van der Waals surface area contributed by atoms with Crippen LogP contribution in [0.5, 0.6) is 0 Å². The first kappa shape index (κ1) is 14.9. The van der Waals surface area contributed by atoms with Crippen molar-refractivity contribution in [2.75, 3.05) is 6.54 Å². The monoisotopic (exact) mass is 261 g/mol. The number of halogens is 3. The number of nitrogens with zero attached hydrogens (tertiary/aromatic N) is 2. The molecule has 0 aliphatic rings. The predicted molar refractivity (Wildman–Crippen MR) is 63.2 cm³/mol. The van der Waals surface area contributed by atoms with Gasteiger partial charge in [0.05, 0.1) is 5.69 Å². The van der Waals surface area contributed by atoms with E-state index >= 15 is 0 Å². The predicted octanol–water partition coefficient (Wildman–Crippen LogP) is 2.99. The van der Waals surface area contributed by atoms with E-state index in [1.807, 2.05) is 20.8 Å². The fourth-order valence-electron chi connectivity index (χ4n) is 1.97. The molecule has 0 aromatic carbocycles. The quantitative estimate of drug-likeness (QED) is 0.885. The number of nitrogens with one attached hydrogen (secondary N) is 1. The molecular formula is C12H18F3N3. The Morgan fingerprint density at radius 1 is 1.22 bits per heavy atom. The van der Waals surface area contributed by atoms with Gasteiger partial charge in [0.15, 0.2) is 5.69 Å². The minimum atomic E-state index is -4.43. The van der Waals surface area contributed by atoms with Crippen LogP contribution >= 0.6 is 0 Å². The highest BCUT2D eigenvalue weighted by Gasteiger charge is 2.33. The van der Waals surface area contributed by atoms with E-state index in [9.17, 15) is 13.2 Å². The lowest BCUT2D eigenvalue weighted by molar-refractivity contribution is -0.141. The summed E-state index contributed by atoms with van der Waals surface area (Å²) in [6, 6.07) is 2.56. The van der Waals surface area contributed by atoms with Gasteiger partial charge in [0.2, 0.25) is 0 Å². The highest BCUT2D eigenvalue weighted by Crippen LogP contribution is 2.28. The second-order valence-corrected chi connectivity index (χ2v) is 4.20. The van der Waals surface area contributed by atoms with Gasteiger partial charge < -0.3 is 5.32 Å². The maximum Gasteiger partial charge on any atom is 0.435 e. The number of rotatable bonds is 5. The van der Waals surface area contributed by atoms with Gasteiger partial charge in [-0.15, -0.1) is 5.10 Å². The maximum absolute atomic E-state index is 12.4. The Bertz CT molecular complexity index is 362. The molecule has 102 valence electrons. The molecule has 0 saturated carbocycles. The molecule has 0 saturated heterocycles. The molecule has 1 rings (SSSR count). The SMILES string of the molecule is CCNC(C)C(CC)c1ccc(C(F)(F)F)nn1. The third-order valence-corrected chi connectivity index (χ3v) is 2.92. The van der Waals surface area contributed by atoms with E-state index in [-0.39, 0.29) is 12.0 Å². The van der Waals surface area contributed by atoms with Crippen LogP contribution in [0.25, 0.3) is 0 Å². The van der Waals surface area contributed by atoms with Gasteiger partial charge in [0.25, 0.3) is 0 Å². The van der Waals surface area contributed by atoms with Crippen LogP contribution in [0.4, 0.5) is 13.2 Å². The summed E-state index contributed by atoms with van der Waals surface area (Å²) in [5.41, 5.74) is -0.351. The molecule has 0 fully saturated rings. The molecule has 3 nitrogen and oxygen atoms in total.